The Bertz CT molecular complexity index is 1730. The lowest BCUT2D eigenvalue weighted by Crippen LogP contribution is -2.41. The second-order valence-corrected chi connectivity index (χ2v) is 11.7. The van der Waals surface area contributed by atoms with Gasteiger partial charge in [-0.25, -0.2) is 23.5 Å². The van der Waals surface area contributed by atoms with Gasteiger partial charge in [-0.15, -0.1) is 0 Å². The molecule has 2 atom stereocenters. The van der Waals surface area contributed by atoms with Crippen LogP contribution in [0.3, 0.4) is 0 Å². The molecule has 1 saturated heterocycles. The highest BCUT2D eigenvalue weighted by Gasteiger charge is 2.57. The Morgan fingerprint density at radius 2 is 1.89 bits per heavy atom. The summed E-state index contributed by atoms with van der Waals surface area (Å²) in [4.78, 5) is 37.1. The van der Waals surface area contributed by atoms with Gasteiger partial charge in [0.25, 0.3) is 11.5 Å². The number of fused-ring (bicyclic) bond motifs is 1. The maximum atomic E-state index is 14.1. The normalized spacial score (nSPS) is 19.5. The molecule has 0 radical (unpaired) electrons. The molecule has 44 heavy (non-hydrogen) atoms. The van der Waals surface area contributed by atoms with Gasteiger partial charge < -0.3 is 18.8 Å². The zero-order valence-electron chi connectivity index (χ0n) is 25.0. The Morgan fingerprint density at radius 1 is 1.09 bits per heavy atom. The molecule has 3 aromatic heterocycles. The molecule has 1 saturated carbocycles. The van der Waals surface area contributed by atoms with Gasteiger partial charge in [0.2, 0.25) is 5.88 Å². The monoisotopic (exact) mass is 609 g/mol. The van der Waals surface area contributed by atoms with Crippen molar-refractivity contribution in [1.82, 2.24) is 23.7 Å². The smallest absolute Gasteiger partial charge is 0.332 e. The van der Waals surface area contributed by atoms with E-state index in [4.69, 9.17) is 19.2 Å². The van der Waals surface area contributed by atoms with E-state index in [1.54, 1.807) is 16.7 Å². The van der Waals surface area contributed by atoms with E-state index in [1.165, 1.54) is 15.3 Å². The van der Waals surface area contributed by atoms with E-state index in [0.29, 0.717) is 31.0 Å². The Kier molecular flexibility index (Phi) is 8.64. The van der Waals surface area contributed by atoms with Gasteiger partial charge in [0.05, 0.1) is 24.7 Å². The number of alkyl halides is 2. The lowest BCUT2D eigenvalue weighted by Gasteiger charge is -2.22. The predicted octanol–water partition coefficient (Wildman–Crippen LogP) is 5.02. The van der Waals surface area contributed by atoms with Crippen LogP contribution >= 0.6 is 0 Å². The quantitative estimate of drug-likeness (QED) is 0.208. The fourth-order valence-electron chi connectivity index (χ4n) is 5.63. The second-order valence-electron chi connectivity index (χ2n) is 11.7. The van der Waals surface area contributed by atoms with E-state index in [9.17, 15) is 18.4 Å². The molecule has 12 heteroatoms. The molecule has 4 aromatic rings. The fraction of sp³-hybridized carbons (Fsp3) is 0.500. The molecule has 2 fully saturated rings. The zero-order valence-corrected chi connectivity index (χ0v) is 25.0. The van der Waals surface area contributed by atoms with E-state index in [0.717, 1.165) is 24.8 Å². The molecular formula is C32H37F2N5O5. The number of aromatic nitrogens is 5. The molecule has 1 aromatic carbocycles. The maximum absolute atomic E-state index is 14.1. The third-order valence-corrected chi connectivity index (χ3v) is 8.12. The fourth-order valence-corrected chi connectivity index (χ4v) is 5.63. The minimum Gasteiger partial charge on any atom is -0.477 e. The highest BCUT2D eigenvalue weighted by atomic mass is 19.3. The van der Waals surface area contributed by atoms with Crippen LogP contribution < -0.4 is 16.0 Å². The van der Waals surface area contributed by atoms with Crippen LogP contribution in [0.1, 0.15) is 57.6 Å². The van der Waals surface area contributed by atoms with Gasteiger partial charge in [0, 0.05) is 38.4 Å². The molecule has 0 N–H and O–H groups in total. The summed E-state index contributed by atoms with van der Waals surface area (Å²) in [7, 11) is 0. The number of halogens is 2. The summed E-state index contributed by atoms with van der Waals surface area (Å²) < 4.78 is 49.1. The molecule has 234 valence electrons. The van der Waals surface area contributed by atoms with Crippen molar-refractivity contribution in [2.45, 2.75) is 77.3 Å². The lowest BCUT2D eigenvalue weighted by atomic mass is 10.2. The van der Waals surface area contributed by atoms with Crippen LogP contribution in [0, 0.1) is 5.92 Å². The third kappa shape index (κ3) is 6.18. The summed E-state index contributed by atoms with van der Waals surface area (Å²) in [6.45, 7) is 5.00. The average Bonchev–Trinajstić information content (AvgIpc) is 3.47. The molecule has 0 bridgehead atoms. The van der Waals surface area contributed by atoms with Crippen molar-refractivity contribution < 1.29 is 23.0 Å². The highest BCUT2D eigenvalue weighted by Crippen LogP contribution is 2.48. The SMILES string of the molecule is CC(C)n1c(=O)n(CCCOC2CCCCO2)c(=O)c2c1nc(-c1cccnc1OCC1CC1(F)F)n2Cc1ccccc1. The summed E-state index contributed by atoms with van der Waals surface area (Å²) in [6, 6.07) is 12.7. The van der Waals surface area contributed by atoms with Gasteiger partial charge in [0.1, 0.15) is 5.82 Å². The summed E-state index contributed by atoms with van der Waals surface area (Å²) in [5.74, 6) is -3.11. The molecule has 2 unspecified atom stereocenters. The number of nitrogens with zero attached hydrogens (tertiary/aromatic N) is 5. The van der Waals surface area contributed by atoms with E-state index in [1.807, 2.05) is 44.2 Å². The number of pyridine rings is 1. The molecular weight excluding hydrogens is 572 g/mol. The van der Waals surface area contributed by atoms with Crippen LogP contribution in [-0.2, 0) is 22.6 Å². The van der Waals surface area contributed by atoms with Crippen LogP contribution in [0.2, 0.25) is 0 Å². The molecule has 0 amide bonds. The number of benzene rings is 1. The van der Waals surface area contributed by atoms with Crippen molar-refractivity contribution in [1.29, 1.82) is 0 Å². The Balaban J connectivity index is 1.43. The van der Waals surface area contributed by atoms with Crippen molar-refractivity contribution in [3.63, 3.8) is 0 Å². The van der Waals surface area contributed by atoms with Gasteiger partial charge >= 0.3 is 5.69 Å². The number of hydrogen-bond acceptors (Lipinski definition) is 7. The van der Waals surface area contributed by atoms with Crippen molar-refractivity contribution >= 4 is 11.2 Å². The highest BCUT2D eigenvalue weighted by molar-refractivity contribution is 5.78. The standard InChI is InChI=1S/C32H37F2N5O5/c1-21(2)39-28-26(30(40)37(31(39)41)15-9-17-43-25-13-6-7-16-42-25)38(19-22-10-4-3-5-11-22)27(36-28)24-12-8-14-35-29(24)44-20-23-18-32(23,33)34/h3-5,8,10-12,14,21,23,25H,6-7,9,13,15-20H2,1-2H3. The van der Waals surface area contributed by atoms with Crippen LogP contribution in [0.25, 0.3) is 22.6 Å². The van der Waals surface area contributed by atoms with Gasteiger partial charge in [-0.05, 0) is 57.2 Å². The van der Waals surface area contributed by atoms with Crippen LogP contribution in [-0.4, -0.2) is 55.7 Å². The molecule has 0 spiro atoms. The largest absolute Gasteiger partial charge is 0.477 e. The first kappa shape index (κ1) is 30.1. The van der Waals surface area contributed by atoms with Crippen LogP contribution in [0.5, 0.6) is 5.88 Å². The van der Waals surface area contributed by atoms with Gasteiger partial charge in [-0.2, -0.15) is 0 Å². The second kappa shape index (κ2) is 12.6. The number of rotatable bonds is 12. The molecule has 1 aliphatic heterocycles. The van der Waals surface area contributed by atoms with Crippen LogP contribution in [0.15, 0.2) is 58.3 Å². The topological polar surface area (TPSA) is 102 Å². The van der Waals surface area contributed by atoms with Gasteiger partial charge in [-0.3, -0.25) is 13.9 Å². The number of imidazole rings is 1. The first-order chi connectivity index (χ1) is 21.2. The Hall–Kier alpha value is -3.90. The predicted molar refractivity (Wildman–Crippen MR) is 160 cm³/mol. The van der Waals surface area contributed by atoms with E-state index < -0.39 is 23.1 Å². The minimum atomic E-state index is -2.73. The van der Waals surface area contributed by atoms with Crippen molar-refractivity contribution in [2.24, 2.45) is 5.92 Å². The van der Waals surface area contributed by atoms with Crippen molar-refractivity contribution in [2.75, 3.05) is 19.8 Å². The summed E-state index contributed by atoms with van der Waals surface area (Å²) in [5.41, 5.74) is 0.935. The molecule has 6 rings (SSSR count). The first-order valence-electron chi connectivity index (χ1n) is 15.2. The molecule has 4 heterocycles. The average molecular weight is 610 g/mol. The minimum absolute atomic E-state index is 0.140. The third-order valence-electron chi connectivity index (χ3n) is 8.12. The maximum Gasteiger partial charge on any atom is 0.332 e. The van der Waals surface area contributed by atoms with Crippen molar-refractivity contribution in [3.05, 3.63) is 75.1 Å². The summed E-state index contributed by atoms with van der Waals surface area (Å²) in [6.07, 6.45) is 4.39. The molecule has 2 aliphatic rings. The first-order valence-corrected chi connectivity index (χ1v) is 15.2. The van der Waals surface area contributed by atoms with E-state index in [-0.39, 0.29) is 55.5 Å². The lowest BCUT2D eigenvalue weighted by molar-refractivity contribution is -0.163. The Labute approximate surface area is 253 Å². The number of hydrogen-bond donors (Lipinski definition) is 0. The van der Waals surface area contributed by atoms with E-state index >= 15 is 0 Å². The zero-order chi connectivity index (χ0) is 30.8. The number of ether oxygens (including phenoxy) is 3. The van der Waals surface area contributed by atoms with Gasteiger partial charge in [0.15, 0.2) is 17.5 Å². The Morgan fingerprint density at radius 3 is 2.59 bits per heavy atom. The van der Waals surface area contributed by atoms with Crippen LogP contribution in [0.4, 0.5) is 8.78 Å². The molecule has 10 nitrogen and oxygen atoms in total. The van der Waals surface area contributed by atoms with Gasteiger partial charge in [-0.1, -0.05) is 30.3 Å². The van der Waals surface area contributed by atoms with E-state index in [2.05, 4.69) is 4.98 Å². The van der Waals surface area contributed by atoms with Crippen molar-refractivity contribution in [3.8, 4) is 17.3 Å². The summed E-state index contributed by atoms with van der Waals surface area (Å²) >= 11 is 0. The summed E-state index contributed by atoms with van der Waals surface area (Å²) in [5, 5.41) is 0. The molecule has 1 aliphatic carbocycles.